The third kappa shape index (κ3) is 3.93. The number of likely N-dealkylation sites (N-methyl/N-ethyl adjacent to an activating group) is 1. The molecule has 0 spiro atoms. The van der Waals surface area contributed by atoms with E-state index in [1.165, 1.54) is 29.2 Å². The molecule has 0 aromatic heterocycles. The molecule has 0 aliphatic carbocycles. The van der Waals surface area contributed by atoms with Gasteiger partial charge in [0.2, 0.25) is 0 Å². The van der Waals surface area contributed by atoms with Gasteiger partial charge in [-0.15, -0.1) is 0 Å². The Hall–Kier alpha value is -2.70. The van der Waals surface area contributed by atoms with Gasteiger partial charge in [-0.05, 0) is 56.1 Å². The summed E-state index contributed by atoms with van der Waals surface area (Å²) in [7, 11) is 3.72. The van der Waals surface area contributed by atoms with Crippen LogP contribution in [0, 0.1) is 5.82 Å². The normalized spacial score (nSPS) is 18.9. The first-order valence-electron chi connectivity index (χ1n) is 8.74. The number of ketones is 1. The van der Waals surface area contributed by atoms with Crippen molar-refractivity contribution < 1.29 is 19.1 Å². The fourth-order valence-electron chi connectivity index (χ4n) is 3.17. The van der Waals surface area contributed by atoms with Crippen LogP contribution in [0.3, 0.4) is 0 Å². The van der Waals surface area contributed by atoms with Crippen LogP contribution in [0.5, 0.6) is 0 Å². The molecule has 0 radical (unpaired) electrons. The fourth-order valence-corrected chi connectivity index (χ4v) is 3.30. The second-order valence-corrected chi connectivity index (χ2v) is 7.29. The Balaban J connectivity index is 2.13. The van der Waals surface area contributed by atoms with Gasteiger partial charge in [-0.2, -0.15) is 0 Å². The number of hydrogen-bond acceptors (Lipinski definition) is 4. The molecule has 2 aromatic carbocycles. The van der Waals surface area contributed by atoms with E-state index in [0.717, 1.165) is 0 Å². The monoisotopic (exact) mass is 402 g/mol. The maximum absolute atomic E-state index is 13.4. The fraction of sp³-hybridized carbons (Fsp3) is 0.238. The van der Waals surface area contributed by atoms with Crippen LogP contribution in [0.1, 0.15) is 17.2 Å². The van der Waals surface area contributed by atoms with Crippen LogP contribution in [-0.2, 0) is 9.59 Å². The van der Waals surface area contributed by atoms with Crippen LogP contribution >= 0.6 is 11.6 Å². The van der Waals surface area contributed by atoms with Crippen molar-refractivity contribution in [2.24, 2.45) is 0 Å². The van der Waals surface area contributed by atoms with Gasteiger partial charge in [0.05, 0.1) is 11.6 Å². The molecule has 3 rings (SSSR count). The Labute approximate surface area is 167 Å². The molecule has 0 saturated carbocycles. The molecule has 146 valence electrons. The minimum absolute atomic E-state index is 0.0160. The van der Waals surface area contributed by atoms with Crippen molar-refractivity contribution in [2.75, 3.05) is 27.2 Å². The summed E-state index contributed by atoms with van der Waals surface area (Å²) in [5, 5.41) is 11.3. The van der Waals surface area contributed by atoms with E-state index in [4.69, 9.17) is 11.6 Å². The van der Waals surface area contributed by atoms with E-state index in [-0.39, 0.29) is 17.9 Å². The molecule has 7 heteroatoms. The minimum Gasteiger partial charge on any atom is -0.507 e. The van der Waals surface area contributed by atoms with Gasteiger partial charge < -0.3 is 14.9 Å². The maximum Gasteiger partial charge on any atom is 0.295 e. The first-order chi connectivity index (χ1) is 13.3. The number of amides is 1. The predicted octanol–water partition coefficient (Wildman–Crippen LogP) is 3.46. The topological polar surface area (TPSA) is 60.9 Å². The minimum atomic E-state index is -0.795. The van der Waals surface area contributed by atoms with E-state index < -0.39 is 23.5 Å². The van der Waals surface area contributed by atoms with E-state index >= 15 is 0 Å². The van der Waals surface area contributed by atoms with Gasteiger partial charge in [0, 0.05) is 23.7 Å². The van der Waals surface area contributed by atoms with Crippen LogP contribution in [0.15, 0.2) is 54.1 Å². The molecule has 1 N–H and O–H groups in total. The van der Waals surface area contributed by atoms with Crippen molar-refractivity contribution in [1.29, 1.82) is 0 Å². The highest BCUT2D eigenvalue weighted by Gasteiger charge is 2.45. The van der Waals surface area contributed by atoms with E-state index in [9.17, 15) is 19.1 Å². The summed E-state index contributed by atoms with van der Waals surface area (Å²) in [6.07, 6.45) is 0. The summed E-state index contributed by atoms with van der Waals surface area (Å²) in [6, 6.07) is 11.1. The molecule has 1 aliphatic heterocycles. The third-order valence-corrected chi connectivity index (χ3v) is 4.88. The summed E-state index contributed by atoms with van der Waals surface area (Å²) in [5.74, 6) is -2.16. The third-order valence-electron chi connectivity index (χ3n) is 4.63. The Morgan fingerprint density at radius 1 is 1.11 bits per heavy atom. The van der Waals surface area contributed by atoms with E-state index in [1.807, 2.05) is 19.0 Å². The number of likely N-dealkylation sites (tertiary alicyclic amines) is 1. The van der Waals surface area contributed by atoms with Crippen molar-refractivity contribution in [3.05, 3.63) is 76.1 Å². The molecule has 1 saturated heterocycles. The largest absolute Gasteiger partial charge is 0.507 e. The highest BCUT2D eigenvalue weighted by molar-refractivity contribution is 6.46. The molecule has 5 nitrogen and oxygen atoms in total. The standard InChI is InChI=1S/C21H20ClFN2O3/c1-24(2)11-12-25-18(13-5-9-16(23)10-6-13)17(20(27)21(25)28)19(26)14-3-7-15(22)8-4-14/h3-10,18,26H,11-12H2,1-2H3/b19-17-. The number of aliphatic hydroxyl groups is 1. The lowest BCUT2D eigenvalue weighted by Crippen LogP contribution is -2.35. The quantitative estimate of drug-likeness (QED) is 0.472. The van der Waals surface area contributed by atoms with Gasteiger partial charge in [-0.1, -0.05) is 23.7 Å². The summed E-state index contributed by atoms with van der Waals surface area (Å²) in [5.41, 5.74) is 0.912. The molecule has 1 atom stereocenters. The molecule has 1 unspecified atom stereocenters. The summed E-state index contributed by atoms with van der Waals surface area (Å²) >= 11 is 5.89. The van der Waals surface area contributed by atoms with Crippen molar-refractivity contribution >= 4 is 29.1 Å². The molecule has 2 aromatic rings. The van der Waals surface area contributed by atoms with Gasteiger partial charge in [-0.3, -0.25) is 9.59 Å². The lowest BCUT2D eigenvalue weighted by atomic mass is 9.95. The summed E-state index contributed by atoms with van der Waals surface area (Å²) in [6.45, 7) is 0.822. The Morgan fingerprint density at radius 2 is 1.71 bits per heavy atom. The first-order valence-corrected chi connectivity index (χ1v) is 9.12. The van der Waals surface area contributed by atoms with Gasteiger partial charge in [0.15, 0.2) is 0 Å². The Kier molecular flexibility index (Phi) is 5.82. The molecule has 1 amide bonds. The second kappa shape index (κ2) is 8.12. The number of benzene rings is 2. The smallest absolute Gasteiger partial charge is 0.295 e. The zero-order valence-electron chi connectivity index (χ0n) is 15.5. The van der Waals surface area contributed by atoms with Gasteiger partial charge >= 0.3 is 0 Å². The van der Waals surface area contributed by atoms with Crippen molar-refractivity contribution in [1.82, 2.24) is 9.80 Å². The lowest BCUT2D eigenvalue weighted by molar-refractivity contribution is -0.140. The molecular formula is C21H20ClFN2O3. The Morgan fingerprint density at radius 3 is 2.29 bits per heavy atom. The highest BCUT2D eigenvalue weighted by Crippen LogP contribution is 2.39. The molecule has 28 heavy (non-hydrogen) atoms. The number of rotatable bonds is 5. The number of Topliss-reactive ketones (excluding diaryl/α,β-unsaturated/α-hetero) is 1. The van der Waals surface area contributed by atoms with Crippen LogP contribution in [0.2, 0.25) is 5.02 Å². The molecule has 1 fully saturated rings. The SMILES string of the molecule is CN(C)CCN1C(=O)C(=O)/C(=C(\O)c2ccc(Cl)cc2)C1c1ccc(F)cc1. The maximum atomic E-state index is 13.4. The molecule has 1 heterocycles. The van der Waals surface area contributed by atoms with E-state index in [0.29, 0.717) is 22.7 Å². The average molecular weight is 403 g/mol. The van der Waals surface area contributed by atoms with Crippen LogP contribution in [0.4, 0.5) is 4.39 Å². The second-order valence-electron chi connectivity index (χ2n) is 6.85. The van der Waals surface area contributed by atoms with Crippen molar-refractivity contribution in [3.8, 4) is 0 Å². The first kappa shape index (κ1) is 20.0. The van der Waals surface area contributed by atoms with Crippen molar-refractivity contribution in [2.45, 2.75) is 6.04 Å². The van der Waals surface area contributed by atoms with E-state index in [1.54, 1.807) is 24.3 Å². The summed E-state index contributed by atoms with van der Waals surface area (Å²) in [4.78, 5) is 28.8. The van der Waals surface area contributed by atoms with Crippen molar-refractivity contribution in [3.63, 3.8) is 0 Å². The van der Waals surface area contributed by atoms with Gasteiger partial charge in [-0.25, -0.2) is 4.39 Å². The molecular weight excluding hydrogens is 383 g/mol. The summed E-state index contributed by atoms with van der Waals surface area (Å²) < 4.78 is 13.4. The number of halogens is 2. The number of carbonyl (C=O) groups excluding carboxylic acids is 2. The molecule has 0 bridgehead atoms. The lowest BCUT2D eigenvalue weighted by Gasteiger charge is -2.26. The van der Waals surface area contributed by atoms with Crippen LogP contribution < -0.4 is 0 Å². The number of carbonyl (C=O) groups is 2. The van der Waals surface area contributed by atoms with E-state index in [2.05, 4.69) is 0 Å². The average Bonchev–Trinajstić information content (AvgIpc) is 2.91. The predicted molar refractivity (Wildman–Crippen MR) is 105 cm³/mol. The zero-order valence-corrected chi connectivity index (χ0v) is 16.3. The molecule has 1 aliphatic rings. The number of hydrogen-bond donors (Lipinski definition) is 1. The highest BCUT2D eigenvalue weighted by atomic mass is 35.5. The van der Waals surface area contributed by atoms with Crippen LogP contribution in [0.25, 0.3) is 5.76 Å². The van der Waals surface area contributed by atoms with Crippen LogP contribution in [-0.4, -0.2) is 53.8 Å². The number of nitrogens with zero attached hydrogens (tertiary/aromatic N) is 2. The number of aliphatic hydroxyl groups excluding tert-OH is 1. The zero-order chi connectivity index (χ0) is 20.4. The van der Waals surface area contributed by atoms with Gasteiger partial charge in [0.25, 0.3) is 11.7 Å². The van der Waals surface area contributed by atoms with Gasteiger partial charge in [0.1, 0.15) is 11.6 Å². The Bertz CT molecular complexity index is 924.